The molecule has 0 rings (SSSR count). The standard InChI is InChI=1S/C8H15NO3.2CH4/c1-4-9(7(3)10)6-8(11)12-5-2;;/h4-6H2,1-3H3;2*1H4. The Kier molecular flexibility index (Phi) is 13.4. The highest BCUT2D eigenvalue weighted by molar-refractivity contribution is 5.80. The average Bonchev–Trinajstić information content (AvgIpc) is 2.00. The molecule has 0 atom stereocenters. The average molecular weight is 205 g/mol. The Balaban J connectivity index is -0.000000605. The van der Waals surface area contributed by atoms with Crippen molar-refractivity contribution in [1.29, 1.82) is 0 Å². The fourth-order valence-electron chi connectivity index (χ4n) is 0.808. The van der Waals surface area contributed by atoms with Crippen LogP contribution in [0.15, 0.2) is 0 Å². The molecule has 0 N–H and O–H groups in total. The van der Waals surface area contributed by atoms with Gasteiger partial charge in [-0.25, -0.2) is 0 Å². The molecular formula is C10H23NO3. The molecule has 0 fully saturated rings. The molecule has 0 saturated heterocycles. The van der Waals surface area contributed by atoms with Gasteiger partial charge in [0.25, 0.3) is 0 Å². The topological polar surface area (TPSA) is 46.6 Å². The van der Waals surface area contributed by atoms with Crippen LogP contribution in [0.5, 0.6) is 0 Å². The van der Waals surface area contributed by atoms with E-state index in [4.69, 9.17) is 4.74 Å². The van der Waals surface area contributed by atoms with Crippen molar-refractivity contribution in [3.63, 3.8) is 0 Å². The smallest absolute Gasteiger partial charge is 0.325 e. The molecule has 0 aromatic rings. The summed E-state index contributed by atoms with van der Waals surface area (Å²) in [6.45, 7) is 5.94. The molecule has 0 aliphatic rings. The Morgan fingerprint density at radius 1 is 1.21 bits per heavy atom. The van der Waals surface area contributed by atoms with E-state index < -0.39 is 0 Å². The second kappa shape index (κ2) is 10.0. The largest absolute Gasteiger partial charge is 0.465 e. The number of carbonyl (C=O) groups excluding carboxylic acids is 2. The van der Waals surface area contributed by atoms with Crippen LogP contribution in [-0.4, -0.2) is 36.5 Å². The molecular weight excluding hydrogens is 182 g/mol. The van der Waals surface area contributed by atoms with Gasteiger partial charge in [-0.2, -0.15) is 0 Å². The Labute approximate surface area is 87.2 Å². The Morgan fingerprint density at radius 3 is 2.00 bits per heavy atom. The third kappa shape index (κ3) is 7.58. The third-order valence-corrected chi connectivity index (χ3v) is 1.45. The Hall–Kier alpha value is -1.06. The molecule has 86 valence electrons. The van der Waals surface area contributed by atoms with Crippen molar-refractivity contribution in [1.82, 2.24) is 4.90 Å². The van der Waals surface area contributed by atoms with E-state index in [1.807, 2.05) is 6.92 Å². The molecule has 4 heteroatoms. The van der Waals surface area contributed by atoms with Crippen molar-refractivity contribution >= 4 is 11.9 Å². The number of likely N-dealkylation sites (N-methyl/N-ethyl adjacent to an activating group) is 1. The number of ether oxygens (including phenoxy) is 1. The van der Waals surface area contributed by atoms with Gasteiger partial charge in [0.1, 0.15) is 6.54 Å². The van der Waals surface area contributed by atoms with Gasteiger partial charge in [-0.05, 0) is 13.8 Å². The van der Waals surface area contributed by atoms with E-state index in [0.717, 1.165) is 0 Å². The lowest BCUT2D eigenvalue weighted by molar-refractivity contribution is -0.148. The van der Waals surface area contributed by atoms with Crippen molar-refractivity contribution in [2.45, 2.75) is 35.6 Å². The maximum absolute atomic E-state index is 10.9. The fourth-order valence-corrected chi connectivity index (χ4v) is 0.808. The normalized spacial score (nSPS) is 7.93. The van der Waals surface area contributed by atoms with E-state index in [9.17, 15) is 9.59 Å². The summed E-state index contributed by atoms with van der Waals surface area (Å²) in [7, 11) is 0. The van der Waals surface area contributed by atoms with Gasteiger partial charge in [0.15, 0.2) is 0 Å². The summed E-state index contributed by atoms with van der Waals surface area (Å²) in [6.07, 6.45) is 0. The van der Waals surface area contributed by atoms with Crippen molar-refractivity contribution in [2.75, 3.05) is 19.7 Å². The molecule has 0 spiro atoms. The first kappa shape index (κ1) is 18.7. The van der Waals surface area contributed by atoms with Crippen LogP contribution in [0.2, 0.25) is 0 Å². The minimum absolute atomic E-state index is 0. The number of amides is 1. The summed E-state index contributed by atoms with van der Waals surface area (Å²) in [4.78, 5) is 23.2. The van der Waals surface area contributed by atoms with Gasteiger partial charge in [0, 0.05) is 13.5 Å². The molecule has 0 saturated carbocycles. The van der Waals surface area contributed by atoms with E-state index in [2.05, 4.69) is 0 Å². The van der Waals surface area contributed by atoms with Crippen LogP contribution < -0.4 is 0 Å². The van der Waals surface area contributed by atoms with Gasteiger partial charge in [0.2, 0.25) is 5.91 Å². The highest BCUT2D eigenvalue weighted by atomic mass is 16.5. The predicted molar refractivity (Wildman–Crippen MR) is 58.0 cm³/mol. The molecule has 0 heterocycles. The SMILES string of the molecule is C.C.CCOC(=O)CN(CC)C(C)=O. The number of nitrogens with zero attached hydrogens (tertiary/aromatic N) is 1. The summed E-state index contributed by atoms with van der Waals surface area (Å²) < 4.78 is 4.69. The van der Waals surface area contributed by atoms with E-state index in [1.54, 1.807) is 6.92 Å². The first-order valence-corrected chi connectivity index (χ1v) is 4.02. The number of rotatable bonds is 4. The number of carbonyl (C=O) groups is 2. The maximum Gasteiger partial charge on any atom is 0.325 e. The second-order valence-corrected chi connectivity index (χ2v) is 2.34. The van der Waals surface area contributed by atoms with Gasteiger partial charge in [-0.15, -0.1) is 0 Å². The van der Waals surface area contributed by atoms with Gasteiger partial charge in [-0.3, -0.25) is 9.59 Å². The molecule has 0 unspecified atom stereocenters. The minimum atomic E-state index is -0.352. The summed E-state index contributed by atoms with van der Waals surface area (Å²) in [5.74, 6) is -0.458. The van der Waals surface area contributed by atoms with Crippen LogP contribution in [0.4, 0.5) is 0 Å². The minimum Gasteiger partial charge on any atom is -0.465 e. The predicted octanol–water partition coefficient (Wildman–Crippen LogP) is 1.69. The van der Waals surface area contributed by atoms with Crippen LogP contribution in [0.3, 0.4) is 0 Å². The van der Waals surface area contributed by atoms with Crippen LogP contribution >= 0.6 is 0 Å². The van der Waals surface area contributed by atoms with Crippen LogP contribution in [-0.2, 0) is 14.3 Å². The van der Waals surface area contributed by atoms with Crippen LogP contribution in [0, 0.1) is 0 Å². The number of hydrogen-bond acceptors (Lipinski definition) is 3. The monoisotopic (exact) mass is 205 g/mol. The molecule has 0 aliphatic heterocycles. The zero-order valence-corrected chi connectivity index (χ0v) is 7.79. The second-order valence-electron chi connectivity index (χ2n) is 2.34. The quantitative estimate of drug-likeness (QED) is 0.656. The Bertz CT molecular complexity index is 169. The van der Waals surface area contributed by atoms with Crippen molar-refractivity contribution in [3.8, 4) is 0 Å². The zero-order chi connectivity index (χ0) is 9.56. The first-order chi connectivity index (χ1) is 5.61. The molecule has 0 aliphatic carbocycles. The maximum atomic E-state index is 10.9. The summed E-state index contributed by atoms with van der Waals surface area (Å²) >= 11 is 0. The fraction of sp³-hybridized carbons (Fsp3) is 0.800. The van der Waals surface area contributed by atoms with E-state index in [1.165, 1.54) is 11.8 Å². The van der Waals surface area contributed by atoms with Crippen molar-refractivity contribution < 1.29 is 14.3 Å². The van der Waals surface area contributed by atoms with Crippen LogP contribution in [0.1, 0.15) is 35.6 Å². The summed E-state index contributed by atoms with van der Waals surface area (Å²) in [6, 6.07) is 0. The first-order valence-electron chi connectivity index (χ1n) is 4.02. The van der Waals surface area contributed by atoms with Crippen molar-refractivity contribution in [3.05, 3.63) is 0 Å². The Morgan fingerprint density at radius 2 is 1.71 bits per heavy atom. The lowest BCUT2D eigenvalue weighted by atomic mass is 10.4. The molecule has 4 nitrogen and oxygen atoms in total. The van der Waals surface area contributed by atoms with E-state index in [-0.39, 0.29) is 33.3 Å². The van der Waals surface area contributed by atoms with E-state index >= 15 is 0 Å². The molecule has 0 bridgehead atoms. The third-order valence-electron chi connectivity index (χ3n) is 1.45. The molecule has 14 heavy (non-hydrogen) atoms. The summed E-state index contributed by atoms with van der Waals surface area (Å²) in [5.41, 5.74) is 0. The summed E-state index contributed by atoms with van der Waals surface area (Å²) in [5, 5.41) is 0. The molecule has 1 amide bonds. The molecule has 0 aromatic heterocycles. The van der Waals surface area contributed by atoms with Gasteiger partial charge >= 0.3 is 5.97 Å². The highest BCUT2D eigenvalue weighted by Crippen LogP contribution is 1.90. The number of esters is 1. The zero-order valence-electron chi connectivity index (χ0n) is 7.79. The molecule has 0 aromatic carbocycles. The molecule has 0 radical (unpaired) electrons. The van der Waals surface area contributed by atoms with Gasteiger partial charge in [-0.1, -0.05) is 14.9 Å². The van der Waals surface area contributed by atoms with Crippen molar-refractivity contribution in [2.24, 2.45) is 0 Å². The van der Waals surface area contributed by atoms with Crippen LogP contribution in [0.25, 0.3) is 0 Å². The van der Waals surface area contributed by atoms with Gasteiger partial charge < -0.3 is 9.64 Å². The number of hydrogen-bond donors (Lipinski definition) is 0. The van der Waals surface area contributed by atoms with Gasteiger partial charge in [0.05, 0.1) is 6.61 Å². The van der Waals surface area contributed by atoms with E-state index in [0.29, 0.717) is 13.2 Å². The highest BCUT2D eigenvalue weighted by Gasteiger charge is 2.11. The lowest BCUT2D eigenvalue weighted by Gasteiger charge is -2.16. The lowest BCUT2D eigenvalue weighted by Crippen LogP contribution is -2.34.